The standard InChI is InChI=1S/C21H16Cl2N4O/c1-13-7-3-5-9-18(13)25-21(28)15(12-24)11-16-14(2)26-27(20(16)23)19-10-6-4-8-17(19)22/h3-11H,1-2H3,(H,25,28)/b15-11+. The molecule has 0 atom stereocenters. The molecule has 0 spiro atoms. The minimum atomic E-state index is -0.516. The van der Waals surface area contributed by atoms with Gasteiger partial charge in [0.1, 0.15) is 16.8 Å². The molecule has 3 rings (SSSR count). The van der Waals surface area contributed by atoms with Crippen LogP contribution in [0.2, 0.25) is 10.2 Å². The number of carbonyl (C=O) groups is 1. The van der Waals surface area contributed by atoms with Gasteiger partial charge in [-0.1, -0.05) is 53.5 Å². The van der Waals surface area contributed by atoms with Gasteiger partial charge in [0.2, 0.25) is 0 Å². The van der Waals surface area contributed by atoms with E-state index in [0.717, 1.165) is 5.56 Å². The van der Waals surface area contributed by atoms with Gasteiger partial charge in [-0.3, -0.25) is 4.79 Å². The van der Waals surface area contributed by atoms with Crippen molar-refractivity contribution in [3.8, 4) is 11.8 Å². The van der Waals surface area contributed by atoms with E-state index in [9.17, 15) is 10.1 Å². The molecule has 28 heavy (non-hydrogen) atoms. The quantitative estimate of drug-likeness (QED) is 0.465. The molecule has 0 unspecified atom stereocenters. The number of nitrogens with zero attached hydrogens (tertiary/aromatic N) is 3. The lowest BCUT2D eigenvalue weighted by molar-refractivity contribution is -0.112. The molecule has 0 aliphatic heterocycles. The molecule has 7 heteroatoms. The Morgan fingerprint density at radius 2 is 1.82 bits per heavy atom. The molecule has 140 valence electrons. The first-order valence-corrected chi connectivity index (χ1v) is 9.16. The first-order valence-electron chi connectivity index (χ1n) is 8.41. The van der Waals surface area contributed by atoms with E-state index in [2.05, 4.69) is 10.4 Å². The monoisotopic (exact) mass is 410 g/mol. The molecule has 0 saturated carbocycles. The third-order valence-electron chi connectivity index (χ3n) is 4.18. The van der Waals surface area contributed by atoms with Gasteiger partial charge in [-0.05, 0) is 43.7 Å². The van der Waals surface area contributed by atoms with Gasteiger partial charge in [0.05, 0.1) is 16.4 Å². The van der Waals surface area contributed by atoms with Gasteiger partial charge in [0.15, 0.2) is 0 Å². The number of para-hydroxylation sites is 2. The van der Waals surface area contributed by atoms with Crippen LogP contribution in [0.1, 0.15) is 16.8 Å². The van der Waals surface area contributed by atoms with Crippen molar-refractivity contribution in [2.45, 2.75) is 13.8 Å². The van der Waals surface area contributed by atoms with Gasteiger partial charge in [0.25, 0.3) is 5.91 Å². The number of nitrogens with one attached hydrogen (secondary N) is 1. The third kappa shape index (κ3) is 3.94. The van der Waals surface area contributed by atoms with Crippen molar-refractivity contribution in [2.24, 2.45) is 0 Å². The summed E-state index contributed by atoms with van der Waals surface area (Å²) in [6.45, 7) is 3.62. The maximum Gasteiger partial charge on any atom is 0.266 e. The lowest BCUT2D eigenvalue weighted by Crippen LogP contribution is -2.14. The Labute approximate surface area is 172 Å². The molecular weight excluding hydrogens is 395 g/mol. The van der Waals surface area contributed by atoms with E-state index in [-0.39, 0.29) is 10.7 Å². The Kier molecular flexibility index (Phi) is 5.84. The fourth-order valence-corrected chi connectivity index (χ4v) is 3.19. The predicted molar refractivity (Wildman–Crippen MR) is 112 cm³/mol. The highest BCUT2D eigenvalue weighted by Gasteiger charge is 2.18. The Morgan fingerprint density at radius 3 is 2.50 bits per heavy atom. The van der Waals surface area contributed by atoms with Crippen LogP contribution in [0.3, 0.4) is 0 Å². The zero-order chi connectivity index (χ0) is 20.3. The number of halogens is 2. The number of nitriles is 1. The van der Waals surface area contributed by atoms with Crippen LogP contribution >= 0.6 is 23.2 Å². The maximum absolute atomic E-state index is 12.6. The lowest BCUT2D eigenvalue weighted by atomic mass is 10.1. The fourth-order valence-electron chi connectivity index (χ4n) is 2.65. The number of aromatic nitrogens is 2. The Balaban J connectivity index is 1.98. The molecule has 0 aliphatic carbocycles. The number of rotatable bonds is 4. The molecule has 1 aromatic heterocycles. The number of anilines is 1. The summed E-state index contributed by atoms with van der Waals surface area (Å²) in [6, 6.07) is 16.4. The molecular formula is C21H16Cl2N4O. The maximum atomic E-state index is 12.6. The van der Waals surface area contributed by atoms with Crippen LogP contribution in [0, 0.1) is 25.2 Å². The molecule has 1 heterocycles. The second-order valence-electron chi connectivity index (χ2n) is 6.09. The van der Waals surface area contributed by atoms with Crippen molar-refractivity contribution in [2.75, 3.05) is 5.32 Å². The van der Waals surface area contributed by atoms with E-state index in [1.807, 2.05) is 37.3 Å². The molecule has 0 radical (unpaired) electrons. The van der Waals surface area contributed by atoms with E-state index in [1.54, 1.807) is 31.2 Å². The smallest absolute Gasteiger partial charge is 0.266 e. The van der Waals surface area contributed by atoms with Gasteiger partial charge in [0, 0.05) is 11.3 Å². The van der Waals surface area contributed by atoms with Crippen LogP contribution in [0.5, 0.6) is 0 Å². The van der Waals surface area contributed by atoms with Crippen LogP contribution in [0.25, 0.3) is 11.8 Å². The van der Waals surface area contributed by atoms with Crippen molar-refractivity contribution < 1.29 is 4.79 Å². The summed E-state index contributed by atoms with van der Waals surface area (Å²) < 4.78 is 1.49. The minimum Gasteiger partial charge on any atom is -0.321 e. The minimum absolute atomic E-state index is 0.0769. The molecule has 0 bridgehead atoms. The second kappa shape index (κ2) is 8.30. The Hall–Kier alpha value is -3.07. The zero-order valence-corrected chi connectivity index (χ0v) is 16.7. The van der Waals surface area contributed by atoms with E-state index in [1.165, 1.54) is 10.8 Å². The molecule has 3 aromatic rings. The number of benzene rings is 2. The van der Waals surface area contributed by atoms with Crippen molar-refractivity contribution >= 4 is 40.9 Å². The fraction of sp³-hybridized carbons (Fsp3) is 0.0952. The van der Waals surface area contributed by atoms with E-state index >= 15 is 0 Å². The number of carbonyl (C=O) groups excluding carboxylic acids is 1. The zero-order valence-electron chi connectivity index (χ0n) is 15.2. The highest BCUT2D eigenvalue weighted by Crippen LogP contribution is 2.29. The summed E-state index contributed by atoms with van der Waals surface area (Å²) in [6.07, 6.45) is 1.44. The second-order valence-corrected chi connectivity index (χ2v) is 6.86. The first kappa shape index (κ1) is 19.7. The topological polar surface area (TPSA) is 70.7 Å². The Morgan fingerprint density at radius 1 is 1.14 bits per heavy atom. The van der Waals surface area contributed by atoms with Crippen LogP contribution in [-0.2, 0) is 4.79 Å². The molecule has 1 N–H and O–H groups in total. The van der Waals surface area contributed by atoms with E-state index in [4.69, 9.17) is 23.2 Å². The van der Waals surface area contributed by atoms with Crippen molar-refractivity contribution in [3.05, 3.63) is 81.1 Å². The third-order valence-corrected chi connectivity index (χ3v) is 4.86. The van der Waals surface area contributed by atoms with Crippen LogP contribution < -0.4 is 5.32 Å². The summed E-state index contributed by atoms with van der Waals surface area (Å²) in [5.74, 6) is -0.516. The number of hydrogen-bond donors (Lipinski definition) is 1. The molecule has 0 aliphatic rings. The van der Waals surface area contributed by atoms with Crippen molar-refractivity contribution in [3.63, 3.8) is 0 Å². The molecule has 0 saturated heterocycles. The van der Waals surface area contributed by atoms with Crippen LogP contribution in [0.4, 0.5) is 5.69 Å². The highest BCUT2D eigenvalue weighted by molar-refractivity contribution is 6.33. The number of hydrogen-bond acceptors (Lipinski definition) is 3. The summed E-state index contributed by atoms with van der Waals surface area (Å²) in [7, 11) is 0. The summed E-state index contributed by atoms with van der Waals surface area (Å²) in [5, 5.41) is 17.4. The van der Waals surface area contributed by atoms with Gasteiger partial charge in [-0.15, -0.1) is 0 Å². The normalized spacial score (nSPS) is 11.2. The molecule has 5 nitrogen and oxygen atoms in total. The van der Waals surface area contributed by atoms with Gasteiger partial charge in [-0.2, -0.15) is 10.4 Å². The average Bonchev–Trinajstić information content (AvgIpc) is 2.95. The van der Waals surface area contributed by atoms with E-state index in [0.29, 0.717) is 27.7 Å². The van der Waals surface area contributed by atoms with Crippen molar-refractivity contribution in [1.29, 1.82) is 5.26 Å². The summed E-state index contributed by atoms with van der Waals surface area (Å²) >= 11 is 12.7. The number of aryl methyl sites for hydroxylation is 2. The SMILES string of the molecule is Cc1ccccc1NC(=O)/C(C#N)=C/c1c(C)nn(-c2ccccc2Cl)c1Cl. The lowest BCUT2D eigenvalue weighted by Gasteiger charge is -2.07. The van der Waals surface area contributed by atoms with Crippen LogP contribution in [0.15, 0.2) is 54.1 Å². The first-order chi connectivity index (χ1) is 13.4. The summed E-state index contributed by atoms with van der Waals surface area (Å²) in [4.78, 5) is 12.6. The largest absolute Gasteiger partial charge is 0.321 e. The van der Waals surface area contributed by atoms with Crippen LogP contribution in [-0.4, -0.2) is 15.7 Å². The van der Waals surface area contributed by atoms with E-state index < -0.39 is 5.91 Å². The molecule has 0 fully saturated rings. The van der Waals surface area contributed by atoms with Crippen molar-refractivity contribution in [1.82, 2.24) is 9.78 Å². The summed E-state index contributed by atoms with van der Waals surface area (Å²) in [5.41, 5.74) is 3.13. The Bertz CT molecular complexity index is 1130. The number of amides is 1. The average molecular weight is 411 g/mol. The van der Waals surface area contributed by atoms with Gasteiger partial charge >= 0.3 is 0 Å². The highest BCUT2D eigenvalue weighted by atomic mass is 35.5. The van der Waals surface area contributed by atoms with Gasteiger partial charge in [-0.25, -0.2) is 4.68 Å². The predicted octanol–water partition coefficient (Wildman–Crippen LogP) is 5.34. The molecule has 1 amide bonds. The molecule has 2 aromatic carbocycles. The van der Waals surface area contributed by atoms with Gasteiger partial charge < -0.3 is 5.32 Å².